The second-order valence-electron chi connectivity index (χ2n) is 3.79. The molecule has 3 N–H and O–H groups in total. The van der Waals surface area contributed by atoms with Crippen LogP contribution in [0.1, 0.15) is 13.0 Å². The molecule has 1 amide bonds. The van der Waals surface area contributed by atoms with Gasteiger partial charge in [0.2, 0.25) is 0 Å². The maximum atomic E-state index is 11.7. The number of aromatic nitrogens is 1. The summed E-state index contributed by atoms with van der Waals surface area (Å²) >= 11 is 0. The predicted molar refractivity (Wildman–Crippen MR) is 65.2 cm³/mol. The van der Waals surface area contributed by atoms with Crippen LogP contribution < -0.4 is 16.7 Å². The fourth-order valence-corrected chi connectivity index (χ4v) is 1.81. The minimum atomic E-state index is -0.467. The van der Waals surface area contributed by atoms with E-state index in [1.54, 1.807) is 35.9 Å². The third-order valence-electron chi connectivity index (χ3n) is 2.77. The van der Waals surface area contributed by atoms with Gasteiger partial charge in [-0.3, -0.25) is 15.0 Å². The molecule has 0 bridgehead atoms. The fourth-order valence-electron chi connectivity index (χ4n) is 1.81. The molecular weight excluding hydrogens is 218 g/mol. The van der Waals surface area contributed by atoms with Crippen molar-refractivity contribution in [2.24, 2.45) is 5.84 Å². The van der Waals surface area contributed by atoms with Crippen LogP contribution in [-0.4, -0.2) is 10.5 Å². The van der Waals surface area contributed by atoms with Crippen LogP contribution >= 0.6 is 0 Å². The number of nitrogens with one attached hydrogen (secondary N) is 1. The molecular formula is C12H13N3O2. The number of nitrogens with two attached hydrogens (primary N) is 1. The van der Waals surface area contributed by atoms with Gasteiger partial charge in [-0.1, -0.05) is 12.1 Å². The number of amides is 1. The molecule has 0 saturated heterocycles. The molecule has 88 valence electrons. The highest BCUT2D eigenvalue weighted by Gasteiger charge is 2.14. The summed E-state index contributed by atoms with van der Waals surface area (Å²) in [4.78, 5) is 23.2. The van der Waals surface area contributed by atoms with Crippen molar-refractivity contribution >= 4 is 16.8 Å². The summed E-state index contributed by atoms with van der Waals surface area (Å²) in [7, 11) is 0. The zero-order valence-corrected chi connectivity index (χ0v) is 9.38. The molecule has 0 aliphatic rings. The summed E-state index contributed by atoms with van der Waals surface area (Å²) in [5.41, 5.74) is 2.77. The van der Waals surface area contributed by atoms with Crippen LogP contribution in [0.3, 0.4) is 0 Å². The lowest BCUT2D eigenvalue weighted by atomic mass is 10.2. The molecule has 0 radical (unpaired) electrons. The smallest absolute Gasteiger partial charge is 0.256 e. The third kappa shape index (κ3) is 1.92. The molecule has 1 unspecified atom stereocenters. The Kier molecular flexibility index (Phi) is 2.93. The highest BCUT2D eigenvalue weighted by molar-refractivity contribution is 5.84. The van der Waals surface area contributed by atoms with Crippen molar-refractivity contribution in [1.29, 1.82) is 0 Å². The van der Waals surface area contributed by atoms with Gasteiger partial charge in [-0.2, -0.15) is 0 Å². The van der Waals surface area contributed by atoms with E-state index >= 15 is 0 Å². The molecule has 0 aliphatic heterocycles. The van der Waals surface area contributed by atoms with Gasteiger partial charge in [-0.15, -0.1) is 0 Å². The van der Waals surface area contributed by atoms with E-state index < -0.39 is 6.04 Å². The Bertz CT molecular complexity index is 618. The minimum Gasteiger partial charge on any atom is -0.335 e. The van der Waals surface area contributed by atoms with E-state index in [-0.39, 0.29) is 11.3 Å². The van der Waals surface area contributed by atoms with Crippen molar-refractivity contribution in [2.75, 3.05) is 0 Å². The second kappa shape index (κ2) is 4.39. The average Bonchev–Trinajstić information content (AvgIpc) is 2.38. The summed E-state index contributed by atoms with van der Waals surface area (Å²) in [5, 5.41) is 0.590. The fraction of sp³-hybridized carbons (Fsp3) is 0.167. The lowest BCUT2D eigenvalue weighted by Gasteiger charge is -2.16. The SMILES string of the molecule is CC(C(=O)NN)n1ccc(=O)c2ccccc21. The Morgan fingerprint density at radius 2 is 2.06 bits per heavy atom. The monoisotopic (exact) mass is 231 g/mol. The van der Waals surface area contributed by atoms with Gasteiger partial charge in [0.15, 0.2) is 5.43 Å². The van der Waals surface area contributed by atoms with Gasteiger partial charge in [0.25, 0.3) is 5.91 Å². The van der Waals surface area contributed by atoms with Crippen molar-refractivity contribution in [1.82, 2.24) is 9.99 Å². The molecule has 0 saturated carbocycles. The maximum absolute atomic E-state index is 11.7. The van der Waals surface area contributed by atoms with E-state index in [1.807, 2.05) is 6.07 Å². The van der Waals surface area contributed by atoms with Gasteiger partial charge < -0.3 is 4.57 Å². The summed E-state index contributed by atoms with van der Waals surface area (Å²) in [5.74, 6) is 4.80. The average molecular weight is 231 g/mol. The number of hydrogen-bond acceptors (Lipinski definition) is 3. The molecule has 0 aliphatic carbocycles. The van der Waals surface area contributed by atoms with Gasteiger partial charge in [-0.05, 0) is 19.1 Å². The van der Waals surface area contributed by atoms with Crippen molar-refractivity contribution in [3.63, 3.8) is 0 Å². The minimum absolute atomic E-state index is 0.0581. The van der Waals surface area contributed by atoms with Gasteiger partial charge in [0.1, 0.15) is 6.04 Å². The molecule has 0 fully saturated rings. The molecule has 5 nitrogen and oxygen atoms in total. The Morgan fingerprint density at radius 3 is 2.76 bits per heavy atom. The zero-order chi connectivity index (χ0) is 12.4. The van der Waals surface area contributed by atoms with E-state index in [2.05, 4.69) is 5.43 Å². The van der Waals surface area contributed by atoms with Crippen LogP contribution in [0, 0.1) is 0 Å². The maximum Gasteiger partial charge on any atom is 0.256 e. The van der Waals surface area contributed by atoms with Gasteiger partial charge in [-0.25, -0.2) is 5.84 Å². The van der Waals surface area contributed by atoms with Crippen LogP contribution in [0.25, 0.3) is 10.9 Å². The second-order valence-corrected chi connectivity index (χ2v) is 3.79. The molecule has 1 aromatic heterocycles. The first kappa shape index (κ1) is 11.3. The number of pyridine rings is 1. The molecule has 2 aromatic rings. The van der Waals surface area contributed by atoms with Crippen LogP contribution in [0.5, 0.6) is 0 Å². The van der Waals surface area contributed by atoms with Crippen LogP contribution in [-0.2, 0) is 4.79 Å². The number of hydrazine groups is 1. The Balaban J connectivity index is 2.67. The van der Waals surface area contributed by atoms with Crippen LogP contribution in [0.15, 0.2) is 41.3 Å². The molecule has 1 aromatic carbocycles. The number of nitrogens with zero attached hydrogens (tertiary/aromatic N) is 1. The number of benzene rings is 1. The highest BCUT2D eigenvalue weighted by Crippen LogP contribution is 2.15. The number of fused-ring (bicyclic) bond motifs is 1. The van der Waals surface area contributed by atoms with Crippen molar-refractivity contribution in [3.8, 4) is 0 Å². The summed E-state index contributed by atoms with van der Waals surface area (Å²) in [6.07, 6.45) is 1.60. The predicted octanol–water partition coefficient (Wildman–Crippen LogP) is 0.552. The summed E-state index contributed by atoms with van der Waals surface area (Å²) in [6.45, 7) is 1.72. The van der Waals surface area contributed by atoms with E-state index in [1.165, 1.54) is 6.07 Å². The third-order valence-corrected chi connectivity index (χ3v) is 2.77. The van der Waals surface area contributed by atoms with Crippen LogP contribution in [0.2, 0.25) is 0 Å². The van der Waals surface area contributed by atoms with E-state index in [0.29, 0.717) is 5.39 Å². The lowest BCUT2D eigenvalue weighted by molar-refractivity contribution is -0.123. The summed E-state index contributed by atoms with van der Waals surface area (Å²) in [6, 6.07) is 8.14. The lowest BCUT2D eigenvalue weighted by Crippen LogP contribution is -2.36. The molecule has 17 heavy (non-hydrogen) atoms. The Labute approximate surface area is 97.8 Å². The largest absolute Gasteiger partial charge is 0.335 e. The van der Waals surface area contributed by atoms with Crippen molar-refractivity contribution in [3.05, 3.63) is 46.8 Å². The van der Waals surface area contributed by atoms with Crippen LogP contribution in [0.4, 0.5) is 0 Å². The quantitative estimate of drug-likeness (QED) is 0.450. The topological polar surface area (TPSA) is 77.1 Å². The first-order valence-electron chi connectivity index (χ1n) is 5.25. The standard InChI is InChI=1S/C12H13N3O2/c1-8(12(17)14-13)15-7-6-11(16)9-4-2-3-5-10(9)15/h2-8H,13H2,1H3,(H,14,17). The summed E-state index contributed by atoms with van der Waals surface area (Å²) < 4.78 is 1.72. The van der Waals surface area contributed by atoms with Gasteiger partial charge in [0, 0.05) is 17.6 Å². The molecule has 0 spiro atoms. The molecule has 1 heterocycles. The van der Waals surface area contributed by atoms with E-state index in [9.17, 15) is 9.59 Å². The number of para-hydroxylation sites is 1. The number of rotatable bonds is 2. The van der Waals surface area contributed by atoms with Gasteiger partial charge >= 0.3 is 0 Å². The van der Waals surface area contributed by atoms with Gasteiger partial charge in [0.05, 0.1) is 5.52 Å². The van der Waals surface area contributed by atoms with E-state index in [4.69, 9.17) is 5.84 Å². The number of carbonyl (C=O) groups is 1. The normalized spacial score (nSPS) is 12.4. The number of carbonyl (C=O) groups excluding carboxylic acids is 1. The van der Waals surface area contributed by atoms with Crippen molar-refractivity contribution in [2.45, 2.75) is 13.0 Å². The first-order chi connectivity index (χ1) is 8.15. The molecule has 2 rings (SSSR count). The molecule has 1 atom stereocenters. The zero-order valence-electron chi connectivity index (χ0n) is 9.38. The highest BCUT2D eigenvalue weighted by atomic mass is 16.2. The number of hydrogen-bond donors (Lipinski definition) is 2. The first-order valence-corrected chi connectivity index (χ1v) is 5.25. The van der Waals surface area contributed by atoms with Crippen molar-refractivity contribution < 1.29 is 4.79 Å². The van der Waals surface area contributed by atoms with E-state index in [0.717, 1.165) is 5.52 Å². The molecule has 5 heteroatoms. The Hall–Kier alpha value is -2.14. The Morgan fingerprint density at radius 1 is 1.35 bits per heavy atom.